The molecule has 0 saturated heterocycles. The molecule has 0 aliphatic rings. The van der Waals surface area contributed by atoms with Gasteiger partial charge < -0.3 is 20.7 Å². The van der Waals surface area contributed by atoms with Crippen LogP contribution < -0.4 is 20.7 Å². The standard InChI is InChI=1S/C25H29N5O2/c1-5-30(6-2)23-15-21(26)22(16-24(23)32-4)29-28-20-13-11-19(12-14-20)27-25(31)18-9-7-17(3)8-10-18/h7-16H,5-6,26H2,1-4H3,(H,27,31). The lowest BCUT2D eigenvalue weighted by Crippen LogP contribution is -2.22. The summed E-state index contributed by atoms with van der Waals surface area (Å²) in [5.74, 6) is 0.540. The highest BCUT2D eigenvalue weighted by Crippen LogP contribution is 2.37. The summed E-state index contributed by atoms with van der Waals surface area (Å²) in [4.78, 5) is 14.5. The Morgan fingerprint density at radius 3 is 2.25 bits per heavy atom. The largest absolute Gasteiger partial charge is 0.494 e. The van der Waals surface area contributed by atoms with Crippen LogP contribution in [-0.2, 0) is 0 Å². The van der Waals surface area contributed by atoms with Gasteiger partial charge in [-0.25, -0.2) is 0 Å². The Kier molecular flexibility index (Phi) is 7.44. The predicted molar refractivity (Wildman–Crippen MR) is 131 cm³/mol. The summed E-state index contributed by atoms with van der Waals surface area (Å²) < 4.78 is 5.53. The number of hydrogen-bond acceptors (Lipinski definition) is 6. The maximum atomic E-state index is 12.4. The van der Waals surface area contributed by atoms with E-state index in [2.05, 4.69) is 34.3 Å². The Labute approximate surface area is 188 Å². The van der Waals surface area contributed by atoms with Crippen molar-refractivity contribution < 1.29 is 9.53 Å². The topological polar surface area (TPSA) is 92.3 Å². The third kappa shape index (κ3) is 5.43. The maximum absolute atomic E-state index is 12.4. The van der Waals surface area contributed by atoms with Crippen LogP contribution in [0.25, 0.3) is 0 Å². The number of anilines is 3. The minimum absolute atomic E-state index is 0.160. The molecule has 1 amide bonds. The number of rotatable bonds is 8. The number of nitrogens with zero attached hydrogens (tertiary/aromatic N) is 3. The van der Waals surface area contributed by atoms with Crippen LogP contribution in [0.1, 0.15) is 29.8 Å². The first-order valence-corrected chi connectivity index (χ1v) is 10.6. The fourth-order valence-electron chi connectivity index (χ4n) is 3.27. The van der Waals surface area contributed by atoms with E-state index in [-0.39, 0.29) is 5.91 Å². The van der Waals surface area contributed by atoms with E-state index < -0.39 is 0 Å². The van der Waals surface area contributed by atoms with Crippen LogP contribution in [-0.4, -0.2) is 26.1 Å². The van der Waals surface area contributed by atoms with Gasteiger partial charge in [-0.3, -0.25) is 4.79 Å². The molecule has 3 aromatic rings. The molecule has 7 nitrogen and oxygen atoms in total. The fourth-order valence-corrected chi connectivity index (χ4v) is 3.27. The van der Waals surface area contributed by atoms with Gasteiger partial charge in [-0.05, 0) is 63.2 Å². The molecule has 3 N–H and O–H groups in total. The SMILES string of the molecule is CCN(CC)c1cc(N)c(N=Nc2ccc(NC(=O)c3ccc(C)cc3)cc2)cc1OC. The molecule has 3 rings (SSSR count). The van der Waals surface area contributed by atoms with Gasteiger partial charge >= 0.3 is 0 Å². The summed E-state index contributed by atoms with van der Waals surface area (Å²) in [6.07, 6.45) is 0. The molecule has 0 spiro atoms. The smallest absolute Gasteiger partial charge is 0.255 e. The number of amides is 1. The second kappa shape index (κ2) is 10.4. The molecule has 7 heteroatoms. The van der Waals surface area contributed by atoms with Crippen LogP contribution in [0.4, 0.5) is 28.4 Å². The van der Waals surface area contributed by atoms with E-state index in [1.807, 2.05) is 25.1 Å². The lowest BCUT2D eigenvalue weighted by Gasteiger charge is -2.24. The molecule has 32 heavy (non-hydrogen) atoms. The van der Waals surface area contributed by atoms with Gasteiger partial charge in [0.25, 0.3) is 5.91 Å². The van der Waals surface area contributed by atoms with E-state index in [9.17, 15) is 4.79 Å². The van der Waals surface area contributed by atoms with Gasteiger partial charge in [0.2, 0.25) is 0 Å². The number of carbonyl (C=O) groups is 1. The van der Waals surface area contributed by atoms with Crippen LogP contribution in [0.5, 0.6) is 5.75 Å². The summed E-state index contributed by atoms with van der Waals surface area (Å²) >= 11 is 0. The lowest BCUT2D eigenvalue weighted by atomic mass is 10.1. The number of methoxy groups -OCH3 is 1. The Bertz CT molecular complexity index is 1090. The molecular weight excluding hydrogens is 402 g/mol. The number of nitrogen functional groups attached to an aromatic ring is 1. The molecule has 0 atom stereocenters. The van der Waals surface area contributed by atoms with Crippen molar-refractivity contribution in [1.82, 2.24) is 0 Å². The van der Waals surface area contributed by atoms with Crippen LogP contribution in [0.15, 0.2) is 70.9 Å². The van der Waals surface area contributed by atoms with Crippen molar-refractivity contribution in [3.05, 3.63) is 71.8 Å². The number of aryl methyl sites for hydroxylation is 1. The molecular formula is C25H29N5O2. The molecule has 0 aliphatic heterocycles. The number of ether oxygens (including phenoxy) is 1. The van der Waals surface area contributed by atoms with E-state index in [0.29, 0.717) is 34.1 Å². The average Bonchev–Trinajstić information content (AvgIpc) is 2.80. The summed E-state index contributed by atoms with van der Waals surface area (Å²) in [5, 5.41) is 11.5. The summed E-state index contributed by atoms with van der Waals surface area (Å²) in [7, 11) is 1.63. The Morgan fingerprint density at radius 1 is 1.00 bits per heavy atom. The summed E-state index contributed by atoms with van der Waals surface area (Å²) in [6.45, 7) is 7.84. The summed E-state index contributed by atoms with van der Waals surface area (Å²) in [5.41, 5.74) is 11.3. The molecule has 0 unspecified atom stereocenters. The number of carbonyl (C=O) groups excluding carboxylic acids is 1. The fraction of sp³-hybridized carbons (Fsp3) is 0.240. The van der Waals surface area contributed by atoms with Crippen LogP contribution >= 0.6 is 0 Å². The number of nitrogens with two attached hydrogens (primary N) is 1. The molecule has 3 aromatic carbocycles. The monoisotopic (exact) mass is 431 g/mol. The zero-order valence-corrected chi connectivity index (χ0v) is 18.9. The number of nitrogens with one attached hydrogen (secondary N) is 1. The van der Waals surface area contributed by atoms with Crippen molar-refractivity contribution in [2.45, 2.75) is 20.8 Å². The third-order valence-electron chi connectivity index (χ3n) is 5.14. The highest BCUT2D eigenvalue weighted by Gasteiger charge is 2.13. The van der Waals surface area contributed by atoms with Crippen molar-refractivity contribution in [1.29, 1.82) is 0 Å². The molecule has 0 bridgehead atoms. The maximum Gasteiger partial charge on any atom is 0.255 e. The third-order valence-corrected chi connectivity index (χ3v) is 5.14. The highest BCUT2D eigenvalue weighted by molar-refractivity contribution is 6.04. The Morgan fingerprint density at radius 2 is 1.66 bits per heavy atom. The van der Waals surface area contributed by atoms with Gasteiger partial charge in [0.15, 0.2) is 0 Å². The first kappa shape index (κ1) is 22.8. The number of benzene rings is 3. The van der Waals surface area contributed by atoms with E-state index in [4.69, 9.17) is 10.5 Å². The molecule has 166 valence electrons. The van der Waals surface area contributed by atoms with Crippen molar-refractivity contribution in [2.75, 3.05) is 36.1 Å². The van der Waals surface area contributed by atoms with Crippen LogP contribution in [0.2, 0.25) is 0 Å². The summed E-state index contributed by atoms with van der Waals surface area (Å²) in [6, 6.07) is 18.2. The number of hydrogen-bond donors (Lipinski definition) is 2. The van der Waals surface area contributed by atoms with Crippen LogP contribution in [0.3, 0.4) is 0 Å². The van der Waals surface area contributed by atoms with E-state index in [1.165, 1.54) is 0 Å². The average molecular weight is 432 g/mol. The van der Waals surface area contributed by atoms with Gasteiger partial charge in [-0.1, -0.05) is 17.7 Å². The van der Waals surface area contributed by atoms with Crippen molar-refractivity contribution in [3.8, 4) is 5.75 Å². The lowest BCUT2D eigenvalue weighted by molar-refractivity contribution is 0.102. The second-order valence-corrected chi connectivity index (χ2v) is 7.32. The second-order valence-electron chi connectivity index (χ2n) is 7.32. The van der Waals surface area contributed by atoms with Crippen molar-refractivity contribution >= 4 is 34.3 Å². The molecule has 0 aliphatic carbocycles. The normalized spacial score (nSPS) is 10.9. The Hall–Kier alpha value is -3.87. The van der Waals surface area contributed by atoms with Gasteiger partial charge in [0, 0.05) is 30.4 Å². The van der Waals surface area contributed by atoms with E-state index >= 15 is 0 Å². The van der Waals surface area contributed by atoms with Gasteiger partial charge in [0.05, 0.1) is 24.2 Å². The molecule has 0 aromatic heterocycles. The zero-order valence-electron chi connectivity index (χ0n) is 18.9. The van der Waals surface area contributed by atoms with Crippen molar-refractivity contribution in [2.24, 2.45) is 10.2 Å². The van der Waals surface area contributed by atoms with Crippen LogP contribution in [0, 0.1) is 6.92 Å². The van der Waals surface area contributed by atoms with Crippen molar-refractivity contribution in [3.63, 3.8) is 0 Å². The van der Waals surface area contributed by atoms with Gasteiger partial charge in [-0.2, -0.15) is 5.11 Å². The minimum atomic E-state index is -0.160. The van der Waals surface area contributed by atoms with Gasteiger partial charge in [0.1, 0.15) is 11.4 Å². The minimum Gasteiger partial charge on any atom is -0.494 e. The number of azo groups is 1. The predicted octanol–water partition coefficient (Wildman–Crippen LogP) is 6.10. The molecule has 0 radical (unpaired) electrons. The van der Waals surface area contributed by atoms with E-state index in [1.54, 1.807) is 49.6 Å². The first-order chi connectivity index (χ1) is 15.4. The molecule has 0 fully saturated rings. The molecule has 0 heterocycles. The zero-order chi connectivity index (χ0) is 23.1. The highest BCUT2D eigenvalue weighted by atomic mass is 16.5. The van der Waals surface area contributed by atoms with E-state index in [0.717, 1.165) is 24.3 Å². The quantitative estimate of drug-likeness (QED) is 0.333. The first-order valence-electron chi connectivity index (χ1n) is 10.6. The van der Waals surface area contributed by atoms with Gasteiger partial charge in [-0.15, -0.1) is 5.11 Å². The Balaban J connectivity index is 1.73. The molecule has 0 saturated carbocycles.